The van der Waals surface area contributed by atoms with Gasteiger partial charge in [-0.05, 0) is 66.7 Å². The van der Waals surface area contributed by atoms with Gasteiger partial charge in [0, 0.05) is 29.9 Å². The fourth-order valence-corrected chi connectivity index (χ4v) is 5.20. The van der Waals surface area contributed by atoms with Crippen LogP contribution in [0.1, 0.15) is 26.3 Å². The number of hydrazone groups is 1. The number of thiazole rings is 1. The Morgan fingerprint density at radius 3 is 1.61 bits per heavy atom. The highest BCUT2D eigenvalue weighted by Gasteiger charge is 2.20. The van der Waals surface area contributed by atoms with Crippen LogP contribution < -0.4 is 33.8 Å². The lowest BCUT2D eigenvalue weighted by Gasteiger charge is -2.13. The van der Waals surface area contributed by atoms with Crippen molar-refractivity contribution < 1.29 is 57.2 Å². The summed E-state index contributed by atoms with van der Waals surface area (Å²) in [5.74, 6) is -6.31. The summed E-state index contributed by atoms with van der Waals surface area (Å²) >= 11 is 1.34. The second kappa shape index (κ2) is 18.2. The number of fused-ring (bicyclic) bond motifs is 1. The Morgan fingerprint density at radius 2 is 1.07 bits per heavy atom. The largest absolute Gasteiger partial charge is 0.423 e. The van der Waals surface area contributed by atoms with Crippen molar-refractivity contribution in [3.05, 3.63) is 146 Å². The molecular formula is C40H27N3O12S. The van der Waals surface area contributed by atoms with Crippen LogP contribution in [0.15, 0.2) is 135 Å². The number of benzene rings is 4. The van der Waals surface area contributed by atoms with E-state index in [2.05, 4.69) is 41.8 Å². The minimum atomic E-state index is -0.931. The lowest BCUT2D eigenvalue weighted by Crippen LogP contribution is -2.13. The lowest BCUT2D eigenvalue weighted by molar-refractivity contribution is -0.131. The summed E-state index contributed by atoms with van der Waals surface area (Å²) in [5.41, 5.74) is 3.49. The van der Waals surface area contributed by atoms with Gasteiger partial charge in [0.15, 0.2) is 23.0 Å². The van der Waals surface area contributed by atoms with Gasteiger partial charge in [-0.15, -0.1) is 0 Å². The molecule has 1 heterocycles. The zero-order chi connectivity index (χ0) is 40.2. The molecule has 16 heteroatoms. The van der Waals surface area contributed by atoms with E-state index in [1.54, 1.807) is 0 Å². The number of aromatic nitrogens is 1. The highest BCUT2D eigenvalue weighted by atomic mass is 32.1. The fourth-order valence-electron chi connectivity index (χ4n) is 4.38. The molecule has 0 fully saturated rings. The topological polar surface area (TPSA) is 195 Å². The predicted molar refractivity (Wildman–Crippen MR) is 203 cm³/mol. The molecule has 15 nitrogen and oxygen atoms in total. The molecule has 1 aromatic heterocycles. The van der Waals surface area contributed by atoms with E-state index in [9.17, 15) is 28.8 Å². The van der Waals surface area contributed by atoms with Gasteiger partial charge in [0.05, 0.1) is 27.6 Å². The van der Waals surface area contributed by atoms with E-state index in [0.717, 1.165) is 46.7 Å². The number of hydrogen-bond donors (Lipinski definition) is 1. The molecule has 0 radical (unpaired) electrons. The number of para-hydroxylation sites is 1. The van der Waals surface area contributed by atoms with Crippen LogP contribution in [0.4, 0.5) is 5.13 Å². The number of nitrogens with zero attached hydrogens (tertiary/aromatic N) is 2. The SMILES string of the molecule is C=CC(=O)Oc1ccc(C(=O)Oc2ccc(OC(=O)c3ccc(OC(=O)C=C)c(OC(=O)C=C)c3)c(/C=N/Nc3nc4ccccc4s3)c2)cc1OC(=O)C=C. The molecule has 0 atom stereocenters. The number of hydrogen-bond acceptors (Lipinski definition) is 16. The highest BCUT2D eigenvalue weighted by molar-refractivity contribution is 7.22. The maximum Gasteiger partial charge on any atom is 0.343 e. The first kappa shape index (κ1) is 39.2. The van der Waals surface area contributed by atoms with Crippen molar-refractivity contribution in [2.45, 2.75) is 0 Å². The van der Waals surface area contributed by atoms with E-state index in [1.807, 2.05) is 24.3 Å². The molecule has 0 aliphatic rings. The average Bonchev–Trinajstić information content (AvgIpc) is 3.62. The number of rotatable bonds is 15. The number of carbonyl (C=O) groups excluding carboxylic acids is 6. The molecule has 4 aromatic carbocycles. The Morgan fingerprint density at radius 1 is 0.571 bits per heavy atom. The van der Waals surface area contributed by atoms with Crippen molar-refractivity contribution >= 4 is 68.7 Å². The van der Waals surface area contributed by atoms with Crippen molar-refractivity contribution in [3.63, 3.8) is 0 Å². The average molecular weight is 774 g/mol. The lowest BCUT2D eigenvalue weighted by atomic mass is 10.1. The van der Waals surface area contributed by atoms with Gasteiger partial charge >= 0.3 is 35.8 Å². The maximum atomic E-state index is 13.4. The molecule has 56 heavy (non-hydrogen) atoms. The molecule has 0 amide bonds. The van der Waals surface area contributed by atoms with E-state index in [-0.39, 0.29) is 51.2 Å². The van der Waals surface area contributed by atoms with E-state index in [1.165, 1.54) is 60.0 Å². The van der Waals surface area contributed by atoms with Crippen LogP contribution in [-0.2, 0) is 19.2 Å². The summed E-state index contributed by atoms with van der Waals surface area (Å²) in [7, 11) is 0. The third-order valence-corrected chi connectivity index (χ3v) is 7.86. The number of carbonyl (C=O) groups is 6. The fraction of sp³-hybridized carbons (Fsp3) is 0. The first-order valence-electron chi connectivity index (χ1n) is 15.9. The van der Waals surface area contributed by atoms with Gasteiger partial charge in [-0.25, -0.2) is 33.8 Å². The number of ether oxygens (including phenoxy) is 6. The second-order valence-electron chi connectivity index (χ2n) is 10.7. The monoisotopic (exact) mass is 773 g/mol. The van der Waals surface area contributed by atoms with Crippen molar-refractivity contribution in [3.8, 4) is 34.5 Å². The van der Waals surface area contributed by atoms with E-state index in [4.69, 9.17) is 28.4 Å². The van der Waals surface area contributed by atoms with Crippen LogP contribution in [0.25, 0.3) is 10.2 Å². The summed E-state index contributed by atoms with van der Waals surface area (Å²) in [6.07, 6.45) is 4.83. The number of esters is 6. The Labute approximate surface area is 321 Å². The Kier molecular flexibility index (Phi) is 12.7. The third-order valence-electron chi connectivity index (χ3n) is 6.92. The van der Waals surface area contributed by atoms with E-state index >= 15 is 0 Å². The van der Waals surface area contributed by atoms with Crippen LogP contribution in [0.5, 0.6) is 34.5 Å². The molecule has 1 N–H and O–H groups in total. The zero-order valence-corrected chi connectivity index (χ0v) is 29.7. The standard InChI is InChI=1S/C40H27N3O12S/c1-5-34(44)51-29-16-13-23(20-31(29)53-36(46)7-3)38(48)50-26-15-18-28(25(19-26)22-41-43-40-42-27-11-9-10-12-33(27)56-40)55-39(49)24-14-17-30(52-35(45)6-2)32(21-24)54-37(47)8-4/h5-22H,1-4H2,(H,42,43)/b41-22+. The van der Waals surface area contributed by atoms with Crippen molar-refractivity contribution in [1.82, 2.24) is 4.98 Å². The summed E-state index contributed by atoms with van der Waals surface area (Å²) in [4.78, 5) is 78.7. The van der Waals surface area contributed by atoms with Gasteiger partial charge in [-0.3, -0.25) is 5.43 Å². The molecule has 5 aromatic rings. The molecule has 5 rings (SSSR count). The van der Waals surface area contributed by atoms with Gasteiger partial charge in [-0.1, -0.05) is 49.8 Å². The molecule has 0 bridgehead atoms. The Balaban J connectivity index is 1.44. The summed E-state index contributed by atoms with van der Waals surface area (Å²) in [6.45, 7) is 13.3. The Hall–Kier alpha value is -7.98. The minimum absolute atomic E-state index is 0.0324. The first-order chi connectivity index (χ1) is 27.0. The van der Waals surface area contributed by atoms with Crippen molar-refractivity contribution in [2.75, 3.05) is 5.43 Å². The summed E-state index contributed by atoms with van der Waals surface area (Å²) in [6, 6.07) is 18.7. The van der Waals surface area contributed by atoms with E-state index < -0.39 is 35.8 Å². The van der Waals surface area contributed by atoms with Crippen LogP contribution in [-0.4, -0.2) is 47.0 Å². The zero-order valence-electron chi connectivity index (χ0n) is 28.9. The van der Waals surface area contributed by atoms with Gasteiger partial charge in [0.1, 0.15) is 11.5 Å². The molecule has 0 aliphatic heterocycles. The Bertz CT molecular complexity index is 2430. The summed E-state index contributed by atoms with van der Waals surface area (Å²) < 4.78 is 32.6. The molecule has 0 saturated heterocycles. The first-order valence-corrected chi connectivity index (χ1v) is 16.7. The van der Waals surface area contributed by atoms with Crippen LogP contribution in [0, 0.1) is 0 Å². The quantitative estimate of drug-likeness (QED) is 0.0396. The summed E-state index contributed by atoms with van der Waals surface area (Å²) in [5, 5.41) is 4.69. The van der Waals surface area contributed by atoms with Gasteiger partial charge in [-0.2, -0.15) is 5.10 Å². The number of nitrogens with one attached hydrogen (secondary N) is 1. The van der Waals surface area contributed by atoms with Gasteiger partial charge < -0.3 is 28.4 Å². The normalized spacial score (nSPS) is 10.4. The van der Waals surface area contributed by atoms with Crippen LogP contribution in [0.2, 0.25) is 0 Å². The second-order valence-corrected chi connectivity index (χ2v) is 11.7. The maximum absolute atomic E-state index is 13.4. The molecule has 0 unspecified atom stereocenters. The highest BCUT2D eigenvalue weighted by Crippen LogP contribution is 2.32. The minimum Gasteiger partial charge on any atom is -0.423 e. The van der Waals surface area contributed by atoms with Gasteiger partial charge in [0.2, 0.25) is 5.13 Å². The van der Waals surface area contributed by atoms with Crippen LogP contribution >= 0.6 is 11.3 Å². The van der Waals surface area contributed by atoms with Crippen molar-refractivity contribution in [2.24, 2.45) is 5.10 Å². The van der Waals surface area contributed by atoms with Crippen molar-refractivity contribution in [1.29, 1.82) is 0 Å². The molecule has 280 valence electrons. The number of anilines is 1. The molecule has 0 saturated carbocycles. The molecule has 0 aliphatic carbocycles. The smallest absolute Gasteiger partial charge is 0.343 e. The third kappa shape index (κ3) is 10.1. The van der Waals surface area contributed by atoms with Gasteiger partial charge in [0.25, 0.3) is 0 Å². The molecular weight excluding hydrogens is 747 g/mol. The molecule has 0 spiro atoms. The predicted octanol–water partition coefficient (Wildman–Crippen LogP) is 6.55. The van der Waals surface area contributed by atoms with E-state index in [0.29, 0.717) is 5.13 Å². The van der Waals surface area contributed by atoms with Crippen LogP contribution in [0.3, 0.4) is 0 Å².